The minimum atomic E-state index is -1.10. The third kappa shape index (κ3) is 3.98. The van der Waals surface area contributed by atoms with Crippen LogP contribution < -0.4 is 11.1 Å². The van der Waals surface area contributed by atoms with E-state index in [2.05, 4.69) is 19.0 Å². The summed E-state index contributed by atoms with van der Waals surface area (Å²) in [7, 11) is 0. The van der Waals surface area contributed by atoms with Crippen LogP contribution in [-0.4, -0.2) is 37.4 Å². The number of amides is 2. The highest BCUT2D eigenvalue weighted by Gasteiger charge is 2.28. The van der Waals surface area contributed by atoms with Gasteiger partial charge in [-0.05, 0) is 23.6 Å². The van der Waals surface area contributed by atoms with Gasteiger partial charge in [0.25, 0.3) is 11.8 Å². The van der Waals surface area contributed by atoms with Crippen LogP contribution in [0, 0.1) is 0 Å². The number of pyridine rings is 1. The van der Waals surface area contributed by atoms with E-state index in [1.807, 2.05) is 17.5 Å². The van der Waals surface area contributed by atoms with Gasteiger partial charge in [-0.1, -0.05) is 6.07 Å². The summed E-state index contributed by atoms with van der Waals surface area (Å²) in [5.74, 6) is -2.56. The van der Waals surface area contributed by atoms with Gasteiger partial charge in [0.15, 0.2) is 5.69 Å². The first-order valence-corrected chi connectivity index (χ1v) is 9.07. The van der Waals surface area contributed by atoms with Crippen molar-refractivity contribution >= 4 is 40.7 Å². The monoisotopic (exact) mass is 387 g/mol. The summed E-state index contributed by atoms with van der Waals surface area (Å²) in [5.41, 5.74) is 6.25. The lowest BCUT2D eigenvalue weighted by Gasteiger charge is -2.15. The SMILES string of the molecule is NC(=O)C(=O)C(Cc1cccs1)NC(=O)c1nsnc1-c1ccncc1. The zero-order valence-electron chi connectivity index (χ0n) is 13.3. The Morgan fingerprint density at radius 1 is 1.15 bits per heavy atom. The predicted octanol–water partition coefficient (Wildman–Crippen LogP) is 1.06. The number of aromatic nitrogens is 3. The lowest BCUT2D eigenvalue weighted by Crippen LogP contribution is -2.47. The molecule has 0 aliphatic carbocycles. The van der Waals surface area contributed by atoms with Crippen molar-refractivity contribution in [1.29, 1.82) is 0 Å². The molecular weight excluding hydrogens is 374 g/mol. The van der Waals surface area contributed by atoms with Crippen LogP contribution in [0.5, 0.6) is 0 Å². The first-order chi connectivity index (χ1) is 12.6. The van der Waals surface area contributed by atoms with Gasteiger partial charge in [0, 0.05) is 29.3 Å². The summed E-state index contributed by atoms with van der Waals surface area (Å²) in [6, 6.07) is 5.96. The topological polar surface area (TPSA) is 128 Å². The van der Waals surface area contributed by atoms with Crippen LogP contribution in [-0.2, 0) is 16.0 Å². The minimum absolute atomic E-state index is 0.0784. The maximum absolute atomic E-state index is 12.6. The molecule has 2 amide bonds. The molecule has 3 N–H and O–H groups in total. The molecule has 0 saturated heterocycles. The molecule has 0 radical (unpaired) electrons. The number of hydrogen-bond donors (Lipinski definition) is 2. The number of ketones is 1. The van der Waals surface area contributed by atoms with Crippen molar-refractivity contribution in [3.05, 3.63) is 52.6 Å². The summed E-state index contributed by atoms with van der Waals surface area (Å²) in [4.78, 5) is 40.8. The van der Waals surface area contributed by atoms with Gasteiger partial charge in [-0.15, -0.1) is 11.3 Å². The predicted molar refractivity (Wildman–Crippen MR) is 96.6 cm³/mol. The van der Waals surface area contributed by atoms with Crippen LogP contribution in [0.2, 0.25) is 0 Å². The van der Waals surface area contributed by atoms with Gasteiger partial charge >= 0.3 is 0 Å². The summed E-state index contributed by atoms with van der Waals surface area (Å²) in [5, 5.41) is 4.40. The second kappa shape index (κ2) is 7.93. The standard InChI is InChI=1S/C16H13N5O3S2/c17-15(23)14(22)11(8-10-2-1-7-25-10)19-16(24)13-12(20-26-21-13)9-3-5-18-6-4-9/h1-7,11H,8H2,(H2,17,23)(H,19,24). The lowest BCUT2D eigenvalue weighted by molar-refractivity contribution is -0.137. The first-order valence-electron chi connectivity index (χ1n) is 7.46. The van der Waals surface area contributed by atoms with Crippen LogP contribution in [0.15, 0.2) is 42.0 Å². The number of primary amides is 1. The van der Waals surface area contributed by atoms with E-state index in [0.29, 0.717) is 11.3 Å². The van der Waals surface area contributed by atoms with Gasteiger partial charge < -0.3 is 11.1 Å². The number of carbonyl (C=O) groups excluding carboxylic acids is 3. The van der Waals surface area contributed by atoms with E-state index in [9.17, 15) is 14.4 Å². The highest BCUT2D eigenvalue weighted by atomic mass is 32.1. The fourth-order valence-electron chi connectivity index (χ4n) is 2.27. The van der Waals surface area contributed by atoms with Crippen LogP contribution in [0.25, 0.3) is 11.3 Å². The first kappa shape index (κ1) is 17.8. The van der Waals surface area contributed by atoms with Crippen LogP contribution >= 0.6 is 23.1 Å². The van der Waals surface area contributed by atoms with Crippen molar-refractivity contribution in [2.45, 2.75) is 12.5 Å². The van der Waals surface area contributed by atoms with Gasteiger partial charge in [0.05, 0.1) is 11.7 Å². The number of Topliss-reactive ketones (excluding diaryl/α,β-unsaturated/α-hetero) is 1. The van der Waals surface area contributed by atoms with E-state index in [4.69, 9.17) is 5.73 Å². The van der Waals surface area contributed by atoms with Gasteiger partial charge in [-0.3, -0.25) is 19.4 Å². The highest BCUT2D eigenvalue weighted by molar-refractivity contribution is 7.09. The number of rotatable bonds is 7. The zero-order chi connectivity index (χ0) is 18.5. The van der Waals surface area contributed by atoms with Crippen molar-refractivity contribution in [1.82, 2.24) is 19.0 Å². The molecule has 0 saturated carbocycles. The van der Waals surface area contributed by atoms with Gasteiger partial charge in [0.1, 0.15) is 11.7 Å². The molecule has 3 heterocycles. The Hall–Kier alpha value is -2.98. The Bertz CT molecular complexity index is 925. The lowest BCUT2D eigenvalue weighted by atomic mass is 10.1. The Morgan fingerprint density at radius 2 is 1.92 bits per heavy atom. The third-order valence-electron chi connectivity index (χ3n) is 3.51. The molecule has 0 aliphatic heterocycles. The van der Waals surface area contributed by atoms with Gasteiger partial charge in [0.2, 0.25) is 5.78 Å². The van der Waals surface area contributed by atoms with Crippen molar-refractivity contribution in [3.8, 4) is 11.3 Å². The Morgan fingerprint density at radius 3 is 2.58 bits per heavy atom. The molecule has 0 fully saturated rings. The highest BCUT2D eigenvalue weighted by Crippen LogP contribution is 2.21. The van der Waals surface area contributed by atoms with Crippen LogP contribution in [0.3, 0.4) is 0 Å². The summed E-state index contributed by atoms with van der Waals surface area (Å²) < 4.78 is 8.16. The summed E-state index contributed by atoms with van der Waals surface area (Å²) in [6.45, 7) is 0. The smallest absolute Gasteiger partial charge is 0.287 e. The molecule has 0 aromatic carbocycles. The van der Waals surface area contributed by atoms with Crippen molar-refractivity contribution < 1.29 is 14.4 Å². The van der Waals surface area contributed by atoms with Gasteiger partial charge in [-0.25, -0.2) is 0 Å². The second-order valence-electron chi connectivity index (χ2n) is 5.24. The zero-order valence-corrected chi connectivity index (χ0v) is 14.9. The van der Waals surface area contributed by atoms with Crippen molar-refractivity contribution in [3.63, 3.8) is 0 Å². The maximum Gasteiger partial charge on any atom is 0.287 e. The molecule has 3 rings (SSSR count). The van der Waals surface area contributed by atoms with Crippen molar-refractivity contribution in [2.24, 2.45) is 5.73 Å². The Labute approximate surface area is 156 Å². The summed E-state index contributed by atoms with van der Waals surface area (Å²) >= 11 is 2.30. The number of carbonyl (C=O) groups is 3. The Kier molecular flexibility index (Phi) is 5.44. The van der Waals surface area contributed by atoms with E-state index in [1.165, 1.54) is 11.3 Å². The average Bonchev–Trinajstić information content (AvgIpc) is 3.32. The average molecular weight is 387 g/mol. The van der Waals surface area contributed by atoms with Crippen molar-refractivity contribution in [2.75, 3.05) is 0 Å². The van der Waals surface area contributed by atoms with Crippen LogP contribution in [0.1, 0.15) is 15.4 Å². The maximum atomic E-state index is 12.6. The van der Waals surface area contributed by atoms with E-state index in [0.717, 1.165) is 16.6 Å². The van der Waals surface area contributed by atoms with E-state index >= 15 is 0 Å². The summed E-state index contributed by atoms with van der Waals surface area (Å²) in [6.07, 6.45) is 3.33. The molecule has 0 bridgehead atoms. The molecule has 8 nitrogen and oxygen atoms in total. The molecule has 0 spiro atoms. The Balaban J connectivity index is 1.83. The molecule has 3 aromatic heterocycles. The van der Waals surface area contributed by atoms with E-state index in [-0.39, 0.29) is 12.1 Å². The molecule has 26 heavy (non-hydrogen) atoms. The fraction of sp³-hybridized carbons (Fsp3) is 0.125. The number of nitrogens with one attached hydrogen (secondary N) is 1. The van der Waals surface area contributed by atoms with Gasteiger partial charge in [-0.2, -0.15) is 8.75 Å². The van der Waals surface area contributed by atoms with E-state index in [1.54, 1.807) is 24.5 Å². The molecule has 10 heteroatoms. The second-order valence-corrected chi connectivity index (χ2v) is 6.80. The molecule has 132 valence electrons. The number of hydrogen-bond acceptors (Lipinski definition) is 8. The largest absolute Gasteiger partial charge is 0.363 e. The minimum Gasteiger partial charge on any atom is -0.363 e. The number of thiophene rings is 1. The fourth-order valence-corrected chi connectivity index (χ4v) is 3.59. The van der Waals surface area contributed by atoms with E-state index < -0.39 is 23.6 Å². The quantitative estimate of drug-likeness (QED) is 0.583. The number of nitrogens with zero attached hydrogens (tertiary/aromatic N) is 3. The molecule has 3 aromatic rings. The molecule has 1 unspecified atom stereocenters. The molecular formula is C16H13N5O3S2. The van der Waals surface area contributed by atoms with Crippen LogP contribution in [0.4, 0.5) is 0 Å². The molecule has 0 aliphatic rings. The third-order valence-corrected chi connectivity index (χ3v) is 4.93. The normalized spacial score (nSPS) is 11.7. The number of nitrogens with two attached hydrogens (primary N) is 1. The molecule has 1 atom stereocenters.